The van der Waals surface area contributed by atoms with Gasteiger partial charge in [0.15, 0.2) is 5.69 Å². The summed E-state index contributed by atoms with van der Waals surface area (Å²) in [5.41, 5.74) is 4.09. The summed E-state index contributed by atoms with van der Waals surface area (Å²) in [7, 11) is 0. The first-order chi connectivity index (χ1) is 11.5. The molecule has 0 aliphatic carbocycles. The molecule has 0 spiro atoms. The molecule has 0 saturated heterocycles. The highest BCUT2D eigenvalue weighted by atomic mass is 16.5. The first-order valence-corrected chi connectivity index (χ1v) is 7.87. The Labute approximate surface area is 140 Å². The molecule has 0 amide bonds. The van der Waals surface area contributed by atoms with Gasteiger partial charge < -0.3 is 14.4 Å². The summed E-state index contributed by atoms with van der Waals surface area (Å²) in [6.45, 7) is 6.77. The van der Waals surface area contributed by atoms with Crippen LogP contribution in [0.3, 0.4) is 0 Å². The normalized spacial score (nSPS) is 11.0. The Bertz CT molecular complexity index is 913. The van der Waals surface area contributed by atoms with Crippen molar-refractivity contribution >= 4 is 16.6 Å². The van der Waals surface area contributed by atoms with Crippen molar-refractivity contribution in [2.75, 3.05) is 6.61 Å². The molecular weight excluding hydrogens is 304 g/mol. The molecule has 0 saturated carbocycles. The van der Waals surface area contributed by atoms with Crippen LogP contribution >= 0.6 is 0 Å². The number of nitroso groups, excluding NO2 is 1. The molecule has 1 N–H and O–H groups in total. The van der Waals surface area contributed by atoms with Crippen molar-refractivity contribution in [1.82, 2.24) is 4.57 Å². The van der Waals surface area contributed by atoms with Crippen molar-refractivity contribution in [3.05, 3.63) is 58.0 Å². The van der Waals surface area contributed by atoms with Crippen molar-refractivity contribution in [1.29, 1.82) is 0 Å². The number of fused-ring (bicyclic) bond motifs is 1. The van der Waals surface area contributed by atoms with Gasteiger partial charge in [0, 0.05) is 5.39 Å². The van der Waals surface area contributed by atoms with Gasteiger partial charge in [0.05, 0.1) is 12.1 Å². The molecule has 5 heteroatoms. The molecule has 124 valence electrons. The lowest BCUT2D eigenvalue weighted by Gasteiger charge is -2.12. The maximum absolute atomic E-state index is 11.1. The van der Waals surface area contributed by atoms with E-state index < -0.39 is 0 Å². The van der Waals surface area contributed by atoms with Gasteiger partial charge >= 0.3 is 0 Å². The standard InChI is InChI=1S/C19H20N2O3/c1-12-8-9-15-17(20-23)19(22)21(18(15)14(12)3)10-11-24-16-7-5-4-6-13(16)2/h4-9,22H,10-11H2,1-3H3. The molecule has 3 rings (SSSR count). The summed E-state index contributed by atoms with van der Waals surface area (Å²) in [6, 6.07) is 11.5. The highest BCUT2D eigenvalue weighted by molar-refractivity contribution is 5.97. The Hall–Kier alpha value is -2.82. The monoisotopic (exact) mass is 324 g/mol. The average Bonchev–Trinajstić information content (AvgIpc) is 2.85. The topological polar surface area (TPSA) is 63.8 Å². The van der Waals surface area contributed by atoms with E-state index in [0.717, 1.165) is 28.0 Å². The minimum absolute atomic E-state index is 0.0870. The third-order valence-corrected chi connectivity index (χ3v) is 4.45. The van der Waals surface area contributed by atoms with Crippen LogP contribution in [-0.2, 0) is 6.54 Å². The Kier molecular flexibility index (Phi) is 4.25. The Morgan fingerprint density at radius 3 is 2.54 bits per heavy atom. The van der Waals surface area contributed by atoms with E-state index in [1.165, 1.54) is 0 Å². The molecule has 1 heterocycles. The lowest BCUT2D eigenvalue weighted by Crippen LogP contribution is -2.09. The van der Waals surface area contributed by atoms with Crippen LogP contribution in [0.5, 0.6) is 11.6 Å². The van der Waals surface area contributed by atoms with Crippen molar-refractivity contribution < 1.29 is 9.84 Å². The van der Waals surface area contributed by atoms with E-state index in [2.05, 4.69) is 5.18 Å². The summed E-state index contributed by atoms with van der Waals surface area (Å²) in [6.07, 6.45) is 0. The maximum atomic E-state index is 11.1. The predicted octanol–water partition coefficient (Wildman–Crippen LogP) is 4.75. The minimum Gasteiger partial charge on any atom is -0.493 e. The van der Waals surface area contributed by atoms with Crippen molar-refractivity contribution in [3.63, 3.8) is 0 Å². The fourth-order valence-corrected chi connectivity index (χ4v) is 2.97. The first-order valence-electron chi connectivity index (χ1n) is 7.87. The van der Waals surface area contributed by atoms with Gasteiger partial charge in [-0.05, 0) is 48.7 Å². The smallest absolute Gasteiger partial charge is 0.222 e. The number of ether oxygens (including phenoxy) is 1. The molecule has 0 aliphatic rings. The highest BCUT2D eigenvalue weighted by Gasteiger charge is 2.19. The van der Waals surface area contributed by atoms with Crippen LogP contribution in [0.1, 0.15) is 16.7 Å². The molecule has 0 radical (unpaired) electrons. The lowest BCUT2D eigenvalue weighted by molar-refractivity contribution is 0.289. The van der Waals surface area contributed by atoms with Gasteiger partial charge in [-0.2, -0.15) is 0 Å². The van der Waals surface area contributed by atoms with Gasteiger partial charge in [-0.25, -0.2) is 0 Å². The number of hydrogen-bond acceptors (Lipinski definition) is 4. The number of aromatic hydroxyl groups is 1. The predicted molar refractivity (Wildman–Crippen MR) is 95.2 cm³/mol. The van der Waals surface area contributed by atoms with E-state index >= 15 is 0 Å². The van der Waals surface area contributed by atoms with Gasteiger partial charge in [0.25, 0.3) is 0 Å². The van der Waals surface area contributed by atoms with Gasteiger partial charge in [-0.15, -0.1) is 4.91 Å². The molecule has 5 nitrogen and oxygen atoms in total. The molecule has 0 fully saturated rings. The second kappa shape index (κ2) is 6.35. The maximum Gasteiger partial charge on any atom is 0.222 e. The Morgan fingerprint density at radius 1 is 1.08 bits per heavy atom. The fraction of sp³-hybridized carbons (Fsp3) is 0.263. The molecule has 0 bridgehead atoms. The van der Waals surface area contributed by atoms with E-state index in [1.807, 2.05) is 57.2 Å². The second-order valence-corrected chi connectivity index (χ2v) is 5.93. The van der Waals surface area contributed by atoms with E-state index in [-0.39, 0.29) is 11.6 Å². The highest BCUT2D eigenvalue weighted by Crippen LogP contribution is 2.40. The van der Waals surface area contributed by atoms with E-state index in [9.17, 15) is 10.0 Å². The van der Waals surface area contributed by atoms with Crippen LogP contribution in [0.15, 0.2) is 41.6 Å². The fourth-order valence-electron chi connectivity index (χ4n) is 2.97. The van der Waals surface area contributed by atoms with Crippen LogP contribution in [0.4, 0.5) is 5.69 Å². The van der Waals surface area contributed by atoms with Crippen LogP contribution in [0.2, 0.25) is 0 Å². The molecule has 3 aromatic rings. The van der Waals surface area contributed by atoms with Gasteiger partial charge in [0.1, 0.15) is 12.4 Å². The van der Waals surface area contributed by atoms with Gasteiger partial charge in [-0.1, -0.05) is 30.3 Å². The van der Waals surface area contributed by atoms with E-state index in [0.29, 0.717) is 18.5 Å². The Morgan fingerprint density at radius 2 is 1.83 bits per heavy atom. The van der Waals surface area contributed by atoms with Crippen molar-refractivity contribution in [3.8, 4) is 11.6 Å². The largest absolute Gasteiger partial charge is 0.493 e. The number of para-hydroxylation sites is 1. The Balaban J connectivity index is 1.94. The molecule has 0 unspecified atom stereocenters. The van der Waals surface area contributed by atoms with Gasteiger partial charge in [-0.3, -0.25) is 0 Å². The van der Waals surface area contributed by atoms with Crippen molar-refractivity contribution in [2.24, 2.45) is 5.18 Å². The number of aromatic nitrogens is 1. The van der Waals surface area contributed by atoms with Crippen LogP contribution in [-0.4, -0.2) is 16.3 Å². The minimum atomic E-state index is -0.109. The second-order valence-electron chi connectivity index (χ2n) is 5.93. The third kappa shape index (κ3) is 2.62. The zero-order valence-electron chi connectivity index (χ0n) is 14.0. The zero-order chi connectivity index (χ0) is 17.3. The first kappa shape index (κ1) is 16.1. The van der Waals surface area contributed by atoms with Crippen LogP contribution in [0.25, 0.3) is 10.9 Å². The molecule has 0 atom stereocenters. The summed E-state index contributed by atoms with van der Waals surface area (Å²) in [5, 5.41) is 14.1. The van der Waals surface area contributed by atoms with E-state index in [4.69, 9.17) is 4.74 Å². The lowest BCUT2D eigenvalue weighted by atomic mass is 10.1. The number of benzene rings is 2. The van der Waals surface area contributed by atoms with Crippen molar-refractivity contribution in [2.45, 2.75) is 27.3 Å². The molecule has 24 heavy (non-hydrogen) atoms. The molecule has 0 aliphatic heterocycles. The summed E-state index contributed by atoms with van der Waals surface area (Å²) >= 11 is 0. The summed E-state index contributed by atoms with van der Waals surface area (Å²) in [4.78, 5) is 11.1. The summed E-state index contributed by atoms with van der Waals surface area (Å²) in [5.74, 6) is 0.706. The molecular formula is C19H20N2O3. The third-order valence-electron chi connectivity index (χ3n) is 4.45. The average molecular weight is 324 g/mol. The molecule has 2 aromatic carbocycles. The van der Waals surface area contributed by atoms with E-state index in [1.54, 1.807) is 4.57 Å². The van der Waals surface area contributed by atoms with Crippen LogP contribution < -0.4 is 4.74 Å². The number of aryl methyl sites for hydroxylation is 3. The number of rotatable bonds is 5. The number of nitrogens with zero attached hydrogens (tertiary/aromatic N) is 2. The van der Waals surface area contributed by atoms with Crippen LogP contribution in [0, 0.1) is 25.7 Å². The van der Waals surface area contributed by atoms with Gasteiger partial charge in [0.2, 0.25) is 5.88 Å². The zero-order valence-corrected chi connectivity index (χ0v) is 14.0. The quantitative estimate of drug-likeness (QED) is 0.689. The number of hydrogen-bond donors (Lipinski definition) is 1. The molecule has 1 aromatic heterocycles. The summed E-state index contributed by atoms with van der Waals surface area (Å²) < 4.78 is 7.52. The SMILES string of the molecule is Cc1ccccc1OCCn1c(O)c(N=O)c2ccc(C)c(C)c21.